The third-order valence-corrected chi connectivity index (χ3v) is 5.97. The predicted molar refractivity (Wildman–Crippen MR) is 120 cm³/mol. The standard InChI is InChI=1S/C20H30N6O4S/c1-5-29-15(4)30-11-10-25-6-8-26(9-7-25)17-12-16(22-14(3)23-17)24-20-21-13(2)18(31-20)19(27)28/h12,15H,5-11H2,1-4H3,(H,27,28)(H,21,22,23,24). The number of nitrogens with zero attached hydrogens (tertiary/aromatic N) is 5. The van der Waals surface area contributed by atoms with Crippen molar-refractivity contribution >= 4 is 34.1 Å². The minimum absolute atomic E-state index is 0.172. The minimum Gasteiger partial charge on any atom is -0.477 e. The number of piperazine rings is 1. The van der Waals surface area contributed by atoms with Gasteiger partial charge in [-0.05, 0) is 27.7 Å². The average Bonchev–Trinajstić information content (AvgIpc) is 3.08. The second kappa shape index (κ2) is 10.8. The quantitative estimate of drug-likeness (QED) is 0.524. The number of carbonyl (C=O) groups is 1. The van der Waals surface area contributed by atoms with Gasteiger partial charge in [-0.2, -0.15) is 0 Å². The van der Waals surface area contributed by atoms with E-state index < -0.39 is 5.97 Å². The smallest absolute Gasteiger partial charge is 0.347 e. The van der Waals surface area contributed by atoms with Gasteiger partial charge in [0, 0.05) is 45.4 Å². The highest BCUT2D eigenvalue weighted by Gasteiger charge is 2.20. The molecule has 0 radical (unpaired) electrons. The Bertz CT molecular complexity index is 885. The first kappa shape index (κ1) is 23.3. The third kappa shape index (κ3) is 6.57. The summed E-state index contributed by atoms with van der Waals surface area (Å²) in [5.74, 6) is 1.13. The highest BCUT2D eigenvalue weighted by Crippen LogP contribution is 2.26. The van der Waals surface area contributed by atoms with E-state index in [0.29, 0.717) is 35.7 Å². The van der Waals surface area contributed by atoms with Gasteiger partial charge in [0.1, 0.15) is 22.3 Å². The molecule has 10 nitrogen and oxygen atoms in total. The molecule has 1 aliphatic heterocycles. The molecule has 11 heteroatoms. The number of nitrogens with one attached hydrogen (secondary N) is 1. The number of rotatable bonds is 10. The minimum atomic E-state index is -0.974. The first-order valence-corrected chi connectivity index (χ1v) is 11.2. The van der Waals surface area contributed by atoms with Gasteiger partial charge < -0.3 is 24.8 Å². The highest BCUT2D eigenvalue weighted by molar-refractivity contribution is 7.17. The average molecular weight is 451 g/mol. The zero-order valence-electron chi connectivity index (χ0n) is 18.4. The summed E-state index contributed by atoms with van der Waals surface area (Å²) in [4.78, 5) is 29.4. The Hall–Kier alpha value is -2.34. The van der Waals surface area contributed by atoms with Crippen molar-refractivity contribution in [2.24, 2.45) is 0 Å². The molecule has 3 heterocycles. The van der Waals surface area contributed by atoms with Gasteiger partial charge in [0.15, 0.2) is 11.4 Å². The molecule has 1 unspecified atom stereocenters. The number of hydrogen-bond donors (Lipinski definition) is 2. The predicted octanol–water partition coefficient (Wildman–Crippen LogP) is 2.51. The van der Waals surface area contributed by atoms with Gasteiger partial charge in [0.05, 0.1) is 12.3 Å². The first-order chi connectivity index (χ1) is 14.9. The van der Waals surface area contributed by atoms with Crippen LogP contribution in [-0.4, -0.2) is 83.2 Å². The number of ether oxygens (including phenoxy) is 2. The van der Waals surface area contributed by atoms with Crippen molar-refractivity contribution in [3.63, 3.8) is 0 Å². The van der Waals surface area contributed by atoms with Crippen LogP contribution in [0.15, 0.2) is 6.07 Å². The van der Waals surface area contributed by atoms with Crippen LogP contribution in [0.3, 0.4) is 0 Å². The van der Waals surface area contributed by atoms with Crippen molar-refractivity contribution in [3.05, 3.63) is 22.5 Å². The second-order valence-electron chi connectivity index (χ2n) is 7.24. The normalized spacial score (nSPS) is 15.8. The Morgan fingerprint density at radius 3 is 2.61 bits per heavy atom. The van der Waals surface area contributed by atoms with E-state index in [-0.39, 0.29) is 11.2 Å². The van der Waals surface area contributed by atoms with Crippen molar-refractivity contribution in [3.8, 4) is 0 Å². The number of aromatic carboxylic acids is 1. The van der Waals surface area contributed by atoms with E-state index in [1.54, 1.807) is 6.92 Å². The molecule has 2 N–H and O–H groups in total. The van der Waals surface area contributed by atoms with Crippen LogP contribution in [0.5, 0.6) is 0 Å². The van der Waals surface area contributed by atoms with E-state index in [4.69, 9.17) is 9.47 Å². The van der Waals surface area contributed by atoms with Crippen LogP contribution in [0.4, 0.5) is 16.8 Å². The fraction of sp³-hybridized carbons (Fsp3) is 0.600. The Morgan fingerprint density at radius 1 is 1.23 bits per heavy atom. The lowest BCUT2D eigenvalue weighted by Crippen LogP contribution is -2.47. The fourth-order valence-corrected chi connectivity index (χ4v) is 4.18. The molecule has 0 saturated carbocycles. The monoisotopic (exact) mass is 450 g/mol. The molecule has 2 aromatic rings. The van der Waals surface area contributed by atoms with E-state index in [1.807, 2.05) is 26.8 Å². The number of aromatic nitrogens is 3. The van der Waals surface area contributed by atoms with Crippen LogP contribution >= 0.6 is 11.3 Å². The van der Waals surface area contributed by atoms with Crippen molar-refractivity contribution in [2.75, 3.05) is 56.2 Å². The fourth-order valence-electron chi connectivity index (χ4n) is 3.37. The van der Waals surface area contributed by atoms with E-state index in [1.165, 1.54) is 0 Å². The zero-order chi connectivity index (χ0) is 22.4. The van der Waals surface area contributed by atoms with Crippen LogP contribution < -0.4 is 10.2 Å². The molecule has 0 bridgehead atoms. The Morgan fingerprint density at radius 2 is 1.97 bits per heavy atom. The van der Waals surface area contributed by atoms with E-state index in [9.17, 15) is 9.90 Å². The van der Waals surface area contributed by atoms with Gasteiger partial charge >= 0.3 is 5.97 Å². The lowest BCUT2D eigenvalue weighted by atomic mass is 10.3. The molecule has 31 heavy (non-hydrogen) atoms. The summed E-state index contributed by atoms with van der Waals surface area (Å²) >= 11 is 1.10. The van der Waals surface area contributed by atoms with Crippen molar-refractivity contribution in [1.82, 2.24) is 19.9 Å². The van der Waals surface area contributed by atoms with E-state index in [2.05, 4.69) is 30.1 Å². The molecular weight excluding hydrogens is 420 g/mol. The summed E-state index contributed by atoms with van der Waals surface area (Å²) in [6, 6.07) is 1.88. The first-order valence-electron chi connectivity index (χ1n) is 10.4. The topological polar surface area (TPSA) is 113 Å². The van der Waals surface area contributed by atoms with Crippen LogP contribution in [0.1, 0.15) is 35.0 Å². The van der Waals surface area contributed by atoms with Gasteiger partial charge in [-0.25, -0.2) is 19.7 Å². The van der Waals surface area contributed by atoms with E-state index >= 15 is 0 Å². The van der Waals surface area contributed by atoms with Gasteiger partial charge in [-0.1, -0.05) is 11.3 Å². The van der Waals surface area contributed by atoms with Gasteiger partial charge in [0.2, 0.25) is 0 Å². The Labute approximate surface area is 186 Å². The largest absolute Gasteiger partial charge is 0.477 e. The maximum absolute atomic E-state index is 11.2. The molecule has 1 saturated heterocycles. The summed E-state index contributed by atoms with van der Waals surface area (Å²) < 4.78 is 11.1. The summed E-state index contributed by atoms with van der Waals surface area (Å²) in [6.45, 7) is 13.1. The van der Waals surface area contributed by atoms with Crippen LogP contribution in [0.25, 0.3) is 0 Å². The lowest BCUT2D eigenvalue weighted by Gasteiger charge is -2.35. The number of carboxylic acids is 1. The van der Waals surface area contributed by atoms with Crippen LogP contribution in [0.2, 0.25) is 0 Å². The van der Waals surface area contributed by atoms with Gasteiger partial charge in [-0.15, -0.1) is 0 Å². The molecule has 1 atom stereocenters. The third-order valence-electron chi connectivity index (χ3n) is 4.91. The number of thiazole rings is 1. The SMILES string of the molecule is CCOC(C)OCCN1CCN(c2cc(Nc3nc(C)c(C(=O)O)s3)nc(C)n2)CC1. The molecule has 3 rings (SSSR count). The summed E-state index contributed by atoms with van der Waals surface area (Å²) in [6.07, 6.45) is -0.172. The molecule has 1 aliphatic rings. The highest BCUT2D eigenvalue weighted by atomic mass is 32.1. The van der Waals surface area contributed by atoms with Crippen molar-refractivity contribution in [1.29, 1.82) is 0 Å². The number of hydrogen-bond acceptors (Lipinski definition) is 10. The lowest BCUT2D eigenvalue weighted by molar-refractivity contribution is -0.129. The van der Waals surface area contributed by atoms with Crippen LogP contribution in [-0.2, 0) is 9.47 Å². The molecule has 0 spiro atoms. The number of anilines is 3. The molecule has 170 valence electrons. The molecule has 0 amide bonds. The number of carboxylic acid groups (broad SMARTS) is 1. The molecule has 1 fully saturated rings. The summed E-state index contributed by atoms with van der Waals surface area (Å²) in [5.41, 5.74) is 0.488. The Balaban J connectivity index is 1.56. The second-order valence-corrected chi connectivity index (χ2v) is 8.24. The molecule has 0 aliphatic carbocycles. The maximum Gasteiger partial charge on any atom is 0.347 e. The summed E-state index contributed by atoms with van der Waals surface area (Å²) in [7, 11) is 0. The summed E-state index contributed by atoms with van der Waals surface area (Å²) in [5, 5.41) is 12.9. The van der Waals surface area contributed by atoms with Gasteiger partial charge in [0.25, 0.3) is 0 Å². The Kier molecular flexibility index (Phi) is 8.13. The van der Waals surface area contributed by atoms with Crippen LogP contribution in [0, 0.1) is 13.8 Å². The zero-order valence-corrected chi connectivity index (χ0v) is 19.2. The van der Waals surface area contributed by atoms with Gasteiger partial charge in [-0.3, -0.25) is 4.90 Å². The van der Waals surface area contributed by atoms with E-state index in [0.717, 1.165) is 49.9 Å². The molecule has 0 aromatic carbocycles. The number of aryl methyl sites for hydroxylation is 2. The van der Waals surface area contributed by atoms with Crippen molar-refractivity contribution in [2.45, 2.75) is 34.0 Å². The molecule has 2 aromatic heterocycles. The maximum atomic E-state index is 11.2. The molecular formula is C20H30N6O4S. The van der Waals surface area contributed by atoms with Crippen molar-refractivity contribution < 1.29 is 19.4 Å².